The lowest BCUT2D eigenvalue weighted by molar-refractivity contribution is 0.102. The van der Waals surface area contributed by atoms with Crippen LogP contribution >= 0.6 is 0 Å². The lowest BCUT2D eigenvalue weighted by atomic mass is 10.2. The standard InChI is InChI=1S/C27H21N5O4/c33-26(30-27-29-25(31-32-27)19-8-12-23-24(15-19)35-14-13-34-23)18-6-10-21(11-7-18)36-16-20-9-5-17-3-1-2-4-22(17)28-20/h1-12,15H,13-14,16H2,(H2,29,30,31,32,33). The van der Waals surface area contributed by atoms with Crippen molar-refractivity contribution in [3.8, 4) is 28.6 Å². The second-order valence-electron chi connectivity index (χ2n) is 8.13. The molecular weight excluding hydrogens is 458 g/mol. The van der Waals surface area contributed by atoms with E-state index >= 15 is 0 Å². The van der Waals surface area contributed by atoms with E-state index in [0.29, 0.717) is 48.5 Å². The number of rotatable bonds is 6. The molecule has 0 saturated carbocycles. The van der Waals surface area contributed by atoms with Crippen molar-refractivity contribution in [2.24, 2.45) is 0 Å². The first kappa shape index (κ1) is 21.6. The van der Waals surface area contributed by atoms with Crippen molar-refractivity contribution in [3.63, 3.8) is 0 Å². The van der Waals surface area contributed by atoms with E-state index in [0.717, 1.165) is 22.2 Å². The fraction of sp³-hybridized carbons (Fsp3) is 0.111. The number of nitrogens with one attached hydrogen (secondary N) is 2. The first-order chi connectivity index (χ1) is 17.7. The Morgan fingerprint density at radius 1 is 0.917 bits per heavy atom. The zero-order valence-electron chi connectivity index (χ0n) is 19.1. The summed E-state index contributed by atoms with van der Waals surface area (Å²) in [5.41, 5.74) is 2.98. The number of amides is 1. The Kier molecular flexibility index (Phi) is 5.63. The Bertz CT molecular complexity index is 1550. The summed E-state index contributed by atoms with van der Waals surface area (Å²) >= 11 is 0. The monoisotopic (exact) mass is 479 g/mol. The van der Waals surface area contributed by atoms with Gasteiger partial charge < -0.3 is 14.2 Å². The summed E-state index contributed by atoms with van der Waals surface area (Å²) < 4.78 is 17.0. The predicted molar refractivity (Wildman–Crippen MR) is 133 cm³/mol. The van der Waals surface area contributed by atoms with Crippen LogP contribution in [0.25, 0.3) is 22.3 Å². The number of pyridine rings is 1. The van der Waals surface area contributed by atoms with Crippen molar-refractivity contribution in [1.82, 2.24) is 20.2 Å². The molecular formula is C27H21N5O4. The Hall–Kier alpha value is -4.92. The van der Waals surface area contributed by atoms with Gasteiger partial charge in [0.25, 0.3) is 5.91 Å². The average Bonchev–Trinajstić information content (AvgIpc) is 3.40. The number of carbonyl (C=O) groups is 1. The molecule has 0 bridgehead atoms. The molecule has 1 amide bonds. The molecule has 0 fully saturated rings. The van der Waals surface area contributed by atoms with Gasteiger partial charge in [-0.05, 0) is 54.6 Å². The molecule has 2 aromatic heterocycles. The predicted octanol–water partition coefficient (Wildman–Crippen LogP) is 4.62. The Labute approximate surface area is 206 Å². The third kappa shape index (κ3) is 4.54. The number of benzene rings is 3. The molecule has 0 radical (unpaired) electrons. The lowest BCUT2D eigenvalue weighted by Crippen LogP contribution is -2.15. The maximum Gasteiger partial charge on any atom is 0.258 e. The van der Waals surface area contributed by atoms with E-state index in [4.69, 9.17) is 14.2 Å². The van der Waals surface area contributed by atoms with Crippen molar-refractivity contribution in [3.05, 3.63) is 90.1 Å². The van der Waals surface area contributed by atoms with Crippen molar-refractivity contribution in [2.45, 2.75) is 6.61 Å². The maximum atomic E-state index is 12.7. The van der Waals surface area contributed by atoms with Gasteiger partial charge in [0.2, 0.25) is 5.95 Å². The van der Waals surface area contributed by atoms with Gasteiger partial charge >= 0.3 is 0 Å². The molecule has 0 unspecified atom stereocenters. The van der Waals surface area contributed by atoms with Gasteiger partial charge in [0, 0.05) is 16.5 Å². The Balaban J connectivity index is 1.08. The molecule has 3 heterocycles. The molecule has 0 aliphatic carbocycles. The summed E-state index contributed by atoms with van der Waals surface area (Å²) in [4.78, 5) is 21.7. The molecule has 0 saturated heterocycles. The smallest absolute Gasteiger partial charge is 0.258 e. The van der Waals surface area contributed by atoms with E-state index < -0.39 is 0 Å². The van der Waals surface area contributed by atoms with E-state index in [9.17, 15) is 4.79 Å². The van der Waals surface area contributed by atoms with Crippen LogP contribution in [0.5, 0.6) is 17.2 Å². The Morgan fingerprint density at radius 3 is 2.64 bits per heavy atom. The van der Waals surface area contributed by atoms with Gasteiger partial charge in [-0.1, -0.05) is 24.3 Å². The number of hydrogen-bond acceptors (Lipinski definition) is 7. The van der Waals surface area contributed by atoms with Crippen molar-refractivity contribution in [2.75, 3.05) is 18.5 Å². The number of aromatic amines is 1. The van der Waals surface area contributed by atoms with Crippen LogP contribution in [0.2, 0.25) is 0 Å². The molecule has 2 N–H and O–H groups in total. The van der Waals surface area contributed by atoms with Crippen molar-refractivity contribution >= 4 is 22.8 Å². The SMILES string of the molecule is O=C(Nc1n[nH]c(-c2ccc3c(c2)OCCO3)n1)c1ccc(OCc2ccc3ccccc3n2)cc1. The van der Waals surface area contributed by atoms with Gasteiger partial charge in [-0.3, -0.25) is 15.2 Å². The summed E-state index contributed by atoms with van der Waals surface area (Å²) in [6, 6.07) is 24.3. The third-order valence-electron chi connectivity index (χ3n) is 5.69. The minimum absolute atomic E-state index is 0.174. The van der Waals surface area contributed by atoms with Crippen LogP contribution in [0.1, 0.15) is 16.1 Å². The fourth-order valence-electron chi connectivity index (χ4n) is 3.86. The minimum Gasteiger partial charge on any atom is -0.487 e. The molecule has 9 heteroatoms. The summed E-state index contributed by atoms with van der Waals surface area (Å²) in [5.74, 6) is 2.34. The number of H-pyrrole nitrogens is 1. The fourth-order valence-corrected chi connectivity index (χ4v) is 3.86. The van der Waals surface area contributed by atoms with Crippen LogP contribution in [0.4, 0.5) is 5.95 Å². The summed E-state index contributed by atoms with van der Waals surface area (Å²) in [5, 5.41) is 10.7. The number of para-hydroxylation sites is 1. The van der Waals surface area contributed by atoms with Crippen LogP contribution in [-0.4, -0.2) is 39.3 Å². The maximum absolute atomic E-state index is 12.7. The summed E-state index contributed by atoms with van der Waals surface area (Å²) in [6.45, 7) is 1.36. The highest BCUT2D eigenvalue weighted by molar-refractivity contribution is 6.03. The Morgan fingerprint density at radius 2 is 1.75 bits per heavy atom. The highest BCUT2D eigenvalue weighted by Gasteiger charge is 2.15. The average molecular weight is 479 g/mol. The highest BCUT2D eigenvalue weighted by Crippen LogP contribution is 2.33. The molecule has 1 aliphatic heterocycles. The van der Waals surface area contributed by atoms with E-state index in [2.05, 4.69) is 25.5 Å². The van der Waals surface area contributed by atoms with Crippen molar-refractivity contribution in [1.29, 1.82) is 0 Å². The topological polar surface area (TPSA) is 111 Å². The molecule has 6 rings (SSSR count). The van der Waals surface area contributed by atoms with Gasteiger partial charge in [0.15, 0.2) is 17.3 Å². The van der Waals surface area contributed by atoms with Crippen LogP contribution < -0.4 is 19.5 Å². The van der Waals surface area contributed by atoms with Gasteiger partial charge in [-0.2, -0.15) is 4.98 Å². The first-order valence-corrected chi connectivity index (χ1v) is 11.4. The van der Waals surface area contributed by atoms with Crippen LogP contribution in [0, 0.1) is 0 Å². The molecule has 178 valence electrons. The minimum atomic E-state index is -0.328. The van der Waals surface area contributed by atoms with Gasteiger partial charge in [0.05, 0.1) is 11.2 Å². The van der Waals surface area contributed by atoms with Crippen LogP contribution in [0.3, 0.4) is 0 Å². The molecule has 36 heavy (non-hydrogen) atoms. The molecule has 1 aliphatic rings. The zero-order chi connectivity index (χ0) is 24.3. The molecule has 5 aromatic rings. The number of hydrogen-bond donors (Lipinski definition) is 2. The quantitative estimate of drug-likeness (QED) is 0.365. The zero-order valence-corrected chi connectivity index (χ0v) is 19.1. The number of ether oxygens (including phenoxy) is 3. The van der Waals surface area contributed by atoms with E-state index in [1.54, 1.807) is 24.3 Å². The number of nitrogens with zero attached hydrogens (tertiary/aromatic N) is 3. The normalized spacial score (nSPS) is 12.3. The van der Waals surface area contributed by atoms with Gasteiger partial charge in [0.1, 0.15) is 25.6 Å². The van der Waals surface area contributed by atoms with Gasteiger partial charge in [-0.25, -0.2) is 4.98 Å². The van der Waals surface area contributed by atoms with Gasteiger partial charge in [-0.15, -0.1) is 5.10 Å². The third-order valence-corrected chi connectivity index (χ3v) is 5.69. The molecule has 0 spiro atoms. The molecule has 9 nitrogen and oxygen atoms in total. The van der Waals surface area contributed by atoms with E-state index in [-0.39, 0.29) is 11.9 Å². The number of carbonyl (C=O) groups excluding carboxylic acids is 1. The first-order valence-electron chi connectivity index (χ1n) is 11.4. The second-order valence-corrected chi connectivity index (χ2v) is 8.13. The van der Waals surface area contributed by atoms with E-state index in [1.165, 1.54) is 0 Å². The molecule has 3 aromatic carbocycles. The number of aromatic nitrogens is 4. The number of fused-ring (bicyclic) bond motifs is 2. The second kappa shape index (κ2) is 9.38. The van der Waals surface area contributed by atoms with E-state index in [1.807, 2.05) is 54.6 Å². The highest BCUT2D eigenvalue weighted by atomic mass is 16.6. The molecule has 0 atom stereocenters. The summed E-state index contributed by atoms with van der Waals surface area (Å²) in [7, 11) is 0. The lowest BCUT2D eigenvalue weighted by Gasteiger charge is -2.18. The van der Waals surface area contributed by atoms with Crippen LogP contribution in [0.15, 0.2) is 78.9 Å². The van der Waals surface area contributed by atoms with Crippen LogP contribution in [-0.2, 0) is 6.61 Å². The van der Waals surface area contributed by atoms with Crippen molar-refractivity contribution < 1.29 is 19.0 Å². The number of anilines is 1. The largest absolute Gasteiger partial charge is 0.487 e. The summed E-state index contributed by atoms with van der Waals surface area (Å²) in [6.07, 6.45) is 0.